The summed E-state index contributed by atoms with van der Waals surface area (Å²) < 4.78 is 17.6. The third kappa shape index (κ3) is 6.46. The van der Waals surface area contributed by atoms with Crippen LogP contribution >= 0.6 is 0 Å². The first-order valence-corrected chi connectivity index (χ1v) is 15.0. The molecule has 1 fully saturated rings. The highest BCUT2D eigenvalue weighted by Crippen LogP contribution is 2.33. The van der Waals surface area contributed by atoms with Gasteiger partial charge in [0.1, 0.15) is 0 Å². The molecule has 0 radical (unpaired) electrons. The Labute approximate surface area is 232 Å². The Hall–Kier alpha value is -3.33. The molecule has 204 valence electrons. The fraction of sp³-hybridized carbons (Fsp3) is 0.355. The zero-order chi connectivity index (χ0) is 27.4. The molecule has 1 aliphatic heterocycles. The quantitative estimate of drug-likeness (QED) is 0.233. The fourth-order valence-electron chi connectivity index (χ4n) is 6.13. The van der Waals surface area contributed by atoms with Crippen molar-refractivity contribution in [2.45, 2.75) is 58.4 Å². The van der Waals surface area contributed by atoms with Crippen LogP contribution in [0.4, 0.5) is 11.6 Å². The standard InChI is InChI=1S/C31H34N4.H3NO2S/c1-21-7-5-8-22(2)29(21)28-10-6-9-25-20-32-31(34-30(25)28)33-26-14-11-23-12-15-27(16-13-24(23)19-26)35-17-3-4-18-35;1-4(2)3/h5-11,14,19-20,27H,3-4,12-13,15-18H2,1-2H3,(H,32,33,34);4H,(H2,1,2,3). The second kappa shape index (κ2) is 12.2. The van der Waals surface area contributed by atoms with Gasteiger partial charge < -0.3 is 10.2 Å². The summed E-state index contributed by atoms with van der Waals surface area (Å²) in [6.45, 7) is 6.92. The monoisotopic (exact) mass is 543 g/mol. The number of rotatable bonds is 4. The van der Waals surface area contributed by atoms with Crippen molar-refractivity contribution < 1.29 is 8.42 Å². The Morgan fingerprint density at radius 2 is 1.59 bits per heavy atom. The molecule has 0 spiro atoms. The maximum atomic E-state index is 8.81. The van der Waals surface area contributed by atoms with E-state index in [9.17, 15) is 0 Å². The van der Waals surface area contributed by atoms with Gasteiger partial charge in [-0.15, -0.1) is 0 Å². The van der Waals surface area contributed by atoms with E-state index >= 15 is 0 Å². The highest BCUT2D eigenvalue weighted by Gasteiger charge is 2.24. The van der Waals surface area contributed by atoms with Gasteiger partial charge in [-0.1, -0.05) is 42.5 Å². The third-order valence-electron chi connectivity index (χ3n) is 7.97. The average molecular weight is 544 g/mol. The minimum atomic E-state index is -2.62. The molecule has 2 heterocycles. The van der Waals surface area contributed by atoms with Crippen LogP contribution in [-0.2, 0) is 23.7 Å². The molecule has 1 unspecified atom stereocenters. The Balaban J connectivity index is 0.000000723. The van der Waals surface area contributed by atoms with Crippen LogP contribution in [-0.4, -0.2) is 42.4 Å². The van der Waals surface area contributed by atoms with Gasteiger partial charge in [0.25, 0.3) is 0 Å². The van der Waals surface area contributed by atoms with Crippen LogP contribution in [0.1, 0.15) is 47.9 Å². The largest absolute Gasteiger partial charge is 0.324 e. The zero-order valence-electron chi connectivity index (χ0n) is 22.7. The molecule has 3 aromatic carbocycles. The predicted molar refractivity (Wildman–Crippen MR) is 160 cm³/mol. The summed E-state index contributed by atoms with van der Waals surface area (Å²) in [5, 5.41) is 8.63. The van der Waals surface area contributed by atoms with Gasteiger partial charge in [0.2, 0.25) is 5.95 Å². The van der Waals surface area contributed by atoms with Crippen molar-refractivity contribution in [2.75, 3.05) is 18.4 Å². The molecule has 1 atom stereocenters. The topological polar surface area (TPSA) is 101 Å². The summed E-state index contributed by atoms with van der Waals surface area (Å²) >= 11 is 0. The number of hydrogen-bond acceptors (Lipinski definition) is 6. The number of nitrogens with one attached hydrogen (secondary N) is 1. The van der Waals surface area contributed by atoms with Crippen molar-refractivity contribution in [3.8, 4) is 11.1 Å². The van der Waals surface area contributed by atoms with Crippen molar-refractivity contribution in [2.24, 2.45) is 5.14 Å². The molecule has 7 nitrogen and oxygen atoms in total. The first kappa shape index (κ1) is 27.2. The molecule has 6 rings (SSSR count). The predicted octanol–water partition coefficient (Wildman–Crippen LogP) is 5.47. The minimum Gasteiger partial charge on any atom is -0.324 e. The van der Waals surface area contributed by atoms with E-state index in [0.717, 1.165) is 29.1 Å². The van der Waals surface area contributed by atoms with E-state index in [0.29, 0.717) is 5.95 Å². The molecule has 0 bridgehead atoms. The average Bonchev–Trinajstić information content (AvgIpc) is 3.36. The van der Waals surface area contributed by atoms with Crippen molar-refractivity contribution in [3.05, 3.63) is 83.0 Å². The SMILES string of the molecule is Cc1cccc(C)c1-c1cccc2cnc(Nc3ccc4c(c3)CCC(N3CCCC3)CC4)nc12.N[SH](=O)=O. The number of fused-ring (bicyclic) bond motifs is 2. The zero-order valence-corrected chi connectivity index (χ0v) is 23.6. The molecule has 1 aromatic heterocycles. The second-order valence-electron chi connectivity index (χ2n) is 10.6. The van der Waals surface area contributed by atoms with Crippen LogP contribution in [0.25, 0.3) is 22.0 Å². The number of thiol groups is 1. The number of para-hydroxylation sites is 1. The van der Waals surface area contributed by atoms with Crippen molar-refractivity contribution in [3.63, 3.8) is 0 Å². The van der Waals surface area contributed by atoms with E-state index in [-0.39, 0.29) is 0 Å². The molecule has 39 heavy (non-hydrogen) atoms. The Morgan fingerprint density at radius 3 is 2.31 bits per heavy atom. The number of benzene rings is 3. The third-order valence-corrected chi connectivity index (χ3v) is 7.97. The van der Waals surface area contributed by atoms with Gasteiger partial charge in [-0.25, -0.2) is 23.5 Å². The van der Waals surface area contributed by atoms with E-state index in [1.807, 2.05) is 6.20 Å². The van der Waals surface area contributed by atoms with Crippen LogP contribution in [0.15, 0.2) is 60.8 Å². The van der Waals surface area contributed by atoms with Crippen LogP contribution in [0.2, 0.25) is 0 Å². The summed E-state index contributed by atoms with van der Waals surface area (Å²) in [5.41, 5.74) is 10.0. The van der Waals surface area contributed by atoms with Crippen LogP contribution in [0.3, 0.4) is 0 Å². The number of anilines is 2. The molecule has 1 aliphatic carbocycles. The molecular weight excluding hydrogens is 506 g/mol. The van der Waals surface area contributed by atoms with E-state index < -0.39 is 10.9 Å². The molecule has 0 amide bonds. The Kier molecular flexibility index (Phi) is 8.55. The summed E-state index contributed by atoms with van der Waals surface area (Å²) in [6.07, 6.45) is 9.56. The number of aryl methyl sites for hydroxylation is 4. The van der Waals surface area contributed by atoms with E-state index in [1.165, 1.54) is 78.6 Å². The van der Waals surface area contributed by atoms with E-state index in [2.05, 4.69) is 88.8 Å². The Bertz CT molecular complexity index is 1520. The molecule has 8 heteroatoms. The molecule has 3 N–H and O–H groups in total. The highest BCUT2D eigenvalue weighted by atomic mass is 32.2. The maximum Gasteiger partial charge on any atom is 0.227 e. The summed E-state index contributed by atoms with van der Waals surface area (Å²) in [7, 11) is -2.62. The number of likely N-dealkylation sites (tertiary alicyclic amines) is 1. The lowest BCUT2D eigenvalue weighted by Crippen LogP contribution is -2.32. The highest BCUT2D eigenvalue weighted by molar-refractivity contribution is 7.69. The molecule has 0 saturated carbocycles. The lowest BCUT2D eigenvalue weighted by atomic mass is 9.94. The lowest BCUT2D eigenvalue weighted by molar-refractivity contribution is 0.222. The number of nitrogens with zero attached hydrogens (tertiary/aromatic N) is 3. The smallest absolute Gasteiger partial charge is 0.227 e. The first-order chi connectivity index (χ1) is 18.9. The van der Waals surface area contributed by atoms with Gasteiger partial charge in [0, 0.05) is 28.9 Å². The number of aromatic nitrogens is 2. The second-order valence-corrected chi connectivity index (χ2v) is 11.1. The number of nitrogens with two attached hydrogens (primary N) is 1. The fourth-order valence-corrected chi connectivity index (χ4v) is 6.13. The van der Waals surface area contributed by atoms with Crippen molar-refractivity contribution >= 4 is 33.4 Å². The van der Waals surface area contributed by atoms with Crippen LogP contribution in [0.5, 0.6) is 0 Å². The lowest BCUT2D eigenvalue weighted by Gasteiger charge is -2.25. The minimum absolute atomic E-state index is 0.653. The van der Waals surface area contributed by atoms with E-state index in [4.69, 9.17) is 13.4 Å². The Morgan fingerprint density at radius 1 is 0.923 bits per heavy atom. The van der Waals surface area contributed by atoms with Crippen molar-refractivity contribution in [1.82, 2.24) is 14.9 Å². The maximum absolute atomic E-state index is 8.81. The molecule has 1 saturated heterocycles. The summed E-state index contributed by atoms with van der Waals surface area (Å²) in [4.78, 5) is 12.4. The van der Waals surface area contributed by atoms with Gasteiger partial charge in [0.15, 0.2) is 10.9 Å². The van der Waals surface area contributed by atoms with Gasteiger partial charge >= 0.3 is 0 Å². The summed E-state index contributed by atoms with van der Waals surface area (Å²) in [5.74, 6) is 0.653. The van der Waals surface area contributed by atoms with Gasteiger partial charge in [-0.2, -0.15) is 0 Å². The normalized spacial score (nSPS) is 17.4. The van der Waals surface area contributed by atoms with Crippen LogP contribution in [0, 0.1) is 13.8 Å². The van der Waals surface area contributed by atoms with Gasteiger partial charge in [0.05, 0.1) is 5.52 Å². The number of hydrogen-bond donors (Lipinski definition) is 3. The van der Waals surface area contributed by atoms with Crippen molar-refractivity contribution in [1.29, 1.82) is 0 Å². The van der Waals surface area contributed by atoms with E-state index in [1.54, 1.807) is 0 Å². The molecular formula is C31H37N5O2S. The van der Waals surface area contributed by atoms with Gasteiger partial charge in [-0.3, -0.25) is 0 Å². The van der Waals surface area contributed by atoms with Crippen LogP contribution < -0.4 is 10.5 Å². The first-order valence-electron chi connectivity index (χ1n) is 13.7. The van der Waals surface area contributed by atoms with Gasteiger partial charge in [-0.05, 0) is 105 Å². The molecule has 4 aromatic rings. The summed E-state index contributed by atoms with van der Waals surface area (Å²) in [6, 6.07) is 20.4. The molecule has 2 aliphatic rings.